The minimum Gasteiger partial charge on any atom is -1.00 e. The molecule has 4 rings (SSSR count). The van der Waals surface area contributed by atoms with Gasteiger partial charge in [-0.2, -0.15) is 0 Å². The molecule has 2 aliphatic heterocycles. The molecule has 0 aromatic heterocycles. The Hall–Kier alpha value is -0.570. The van der Waals surface area contributed by atoms with Crippen molar-refractivity contribution in [1.29, 1.82) is 0 Å². The molecule has 0 radical (unpaired) electrons. The molecule has 0 amide bonds. The number of likely N-dealkylation sites (tertiary alicyclic amines) is 1. The van der Waals surface area contributed by atoms with Crippen LogP contribution >= 0.6 is 12.4 Å². The van der Waals surface area contributed by atoms with E-state index in [1.807, 2.05) is 0 Å². The fourth-order valence-corrected chi connectivity index (χ4v) is 5.38. The van der Waals surface area contributed by atoms with Crippen molar-refractivity contribution in [3.8, 4) is 0 Å². The van der Waals surface area contributed by atoms with E-state index < -0.39 is 0 Å². The molecule has 2 heterocycles. The monoisotopic (exact) mass is 368 g/mol. The summed E-state index contributed by atoms with van der Waals surface area (Å²) in [6, 6.07) is 9.37. The smallest absolute Gasteiger partial charge is 0.156 e. The maximum absolute atomic E-state index is 2.59. The number of aryl methyl sites for hydroxylation is 1. The number of rotatable bonds is 1. The Kier molecular flexibility index (Phi) is 6.39. The summed E-state index contributed by atoms with van der Waals surface area (Å²) < 4.78 is 2.59. The van der Waals surface area contributed by atoms with E-state index in [-0.39, 0.29) is 24.8 Å². The highest BCUT2D eigenvalue weighted by Crippen LogP contribution is 2.48. The van der Waals surface area contributed by atoms with E-state index in [1.54, 1.807) is 11.3 Å². The molecule has 0 bridgehead atoms. The predicted octanol–water partition coefficient (Wildman–Crippen LogP) is 0.579. The summed E-state index contributed by atoms with van der Waals surface area (Å²) >= 11 is 0. The van der Waals surface area contributed by atoms with Crippen molar-refractivity contribution in [2.75, 3.05) is 33.7 Å². The molecule has 1 aliphatic carbocycles. The van der Waals surface area contributed by atoms with Crippen molar-refractivity contribution >= 4 is 18.1 Å². The van der Waals surface area contributed by atoms with Crippen LogP contribution < -0.4 is 12.4 Å². The van der Waals surface area contributed by atoms with Gasteiger partial charge in [0.05, 0.1) is 0 Å². The first-order chi connectivity index (χ1) is 10.6. The molecule has 2 fully saturated rings. The summed E-state index contributed by atoms with van der Waals surface area (Å²) in [7, 11) is 4.64. The van der Waals surface area contributed by atoms with Gasteiger partial charge in [-0.15, -0.1) is 12.4 Å². The first-order valence-electron chi connectivity index (χ1n) is 8.95. The molecule has 0 spiro atoms. The van der Waals surface area contributed by atoms with Crippen molar-refractivity contribution in [3.05, 3.63) is 35.4 Å². The standard InChI is InChI=1S/C20H29N2.2ClH/c1-14-6-8-15(9-7-14)17-11-20-16(5-4-10-22(20)3)18-12-21(2)13-19(17)18;;/h6-9,16-19H,4-5,10-13H2,1-3H3;2*1H/q+1;;/p-1. The third kappa shape index (κ3) is 3.38. The predicted molar refractivity (Wildman–Crippen MR) is 99.0 cm³/mol. The van der Waals surface area contributed by atoms with Crippen molar-refractivity contribution in [3.63, 3.8) is 0 Å². The summed E-state index contributed by atoms with van der Waals surface area (Å²) in [5.74, 6) is 3.31. The Morgan fingerprint density at radius 1 is 1.04 bits per heavy atom. The van der Waals surface area contributed by atoms with E-state index in [2.05, 4.69) is 54.8 Å². The Bertz CT molecular complexity index is 596. The minimum atomic E-state index is 0. The highest BCUT2D eigenvalue weighted by Gasteiger charge is 2.50. The summed E-state index contributed by atoms with van der Waals surface area (Å²) in [6.45, 7) is 6.04. The number of hydrogen-bond donors (Lipinski definition) is 0. The summed E-state index contributed by atoms with van der Waals surface area (Å²) in [6.07, 6.45) is 4.10. The van der Waals surface area contributed by atoms with Crippen molar-refractivity contribution in [1.82, 2.24) is 4.90 Å². The molecule has 4 unspecified atom stereocenters. The summed E-state index contributed by atoms with van der Waals surface area (Å²) in [5, 5.41) is 0. The van der Waals surface area contributed by atoms with Gasteiger partial charge in [0, 0.05) is 31.8 Å². The van der Waals surface area contributed by atoms with Crippen LogP contribution in [0.1, 0.15) is 36.3 Å². The number of halogens is 2. The lowest BCUT2D eigenvalue weighted by Gasteiger charge is -2.40. The van der Waals surface area contributed by atoms with Crippen LogP contribution in [0.2, 0.25) is 0 Å². The van der Waals surface area contributed by atoms with Gasteiger partial charge in [0.25, 0.3) is 0 Å². The maximum atomic E-state index is 2.59. The molecule has 0 N–H and O–H groups in total. The Morgan fingerprint density at radius 2 is 1.67 bits per heavy atom. The topological polar surface area (TPSA) is 6.25 Å². The zero-order valence-corrected chi connectivity index (χ0v) is 16.6. The number of nitrogens with zero attached hydrogens (tertiary/aromatic N) is 2. The molecule has 1 saturated carbocycles. The minimum absolute atomic E-state index is 0. The van der Waals surface area contributed by atoms with Crippen LogP contribution in [0.25, 0.3) is 0 Å². The highest BCUT2D eigenvalue weighted by atomic mass is 35.5. The summed E-state index contributed by atoms with van der Waals surface area (Å²) in [4.78, 5) is 2.58. The second kappa shape index (κ2) is 7.76. The van der Waals surface area contributed by atoms with Crippen LogP contribution in [-0.4, -0.2) is 48.9 Å². The van der Waals surface area contributed by atoms with Gasteiger partial charge >= 0.3 is 0 Å². The lowest BCUT2D eigenvalue weighted by Crippen LogP contribution is -3.00. The second-order valence-electron chi connectivity index (χ2n) is 7.93. The van der Waals surface area contributed by atoms with Gasteiger partial charge in [-0.25, -0.2) is 4.58 Å². The highest BCUT2D eigenvalue weighted by molar-refractivity contribution is 5.85. The first-order valence-corrected chi connectivity index (χ1v) is 8.95. The molecule has 4 heteroatoms. The fourth-order valence-electron chi connectivity index (χ4n) is 5.38. The normalized spacial score (nSPS) is 32.5. The molecule has 4 atom stereocenters. The van der Waals surface area contributed by atoms with Gasteiger partial charge in [-0.1, -0.05) is 29.8 Å². The number of benzene rings is 1. The molecule has 2 nitrogen and oxygen atoms in total. The third-order valence-electron chi connectivity index (χ3n) is 6.49. The lowest BCUT2D eigenvalue weighted by atomic mass is 9.63. The van der Waals surface area contributed by atoms with Crippen LogP contribution in [0.15, 0.2) is 24.3 Å². The molecular weight excluding hydrogens is 339 g/mol. The van der Waals surface area contributed by atoms with Crippen LogP contribution in [0.5, 0.6) is 0 Å². The quantitative estimate of drug-likeness (QED) is 0.657. The Morgan fingerprint density at radius 3 is 2.33 bits per heavy atom. The van der Waals surface area contributed by atoms with Crippen LogP contribution in [0, 0.1) is 24.7 Å². The first kappa shape index (κ1) is 19.8. The van der Waals surface area contributed by atoms with Gasteiger partial charge in [-0.3, -0.25) is 0 Å². The largest absolute Gasteiger partial charge is 1.00 e. The second-order valence-corrected chi connectivity index (χ2v) is 7.93. The van der Waals surface area contributed by atoms with Gasteiger partial charge in [0.15, 0.2) is 5.71 Å². The Balaban J connectivity index is 0.00000104. The number of hydrogen-bond acceptors (Lipinski definition) is 1. The van der Waals surface area contributed by atoms with Gasteiger partial charge in [0.1, 0.15) is 13.6 Å². The van der Waals surface area contributed by atoms with Crippen LogP contribution in [0.3, 0.4) is 0 Å². The molecule has 24 heavy (non-hydrogen) atoms. The van der Waals surface area contributed by atoms with Crippen LogP contribution in [-0.2, 0) is 0 Å². The maximum Gasteiger partial charge on any atom is 0.156 e. The average molecular weight is 369 g/mol. The van der Waals surface area contributed by atoms with E-state index in [9.17, 15) is 0 Å². The lowest BCUT2D eigenvalue weighted by molar-refractivity contribution is -0.507. The van der Waals surface area contributed by atoms with Gasteiger partial charge < -0.3 is 17.3 Å². The van der Waals surface area contributed by atoms with Gasteiger partial charge in [-0.05, 0) is 43.7 Å². The van der Waals surface area contributed by atoms with E-state index >= 15 is 0 Å². The summed E-state index contributed by atoms with van der Waals surface area (Å²) in [5.41, 5.74) is 4.70. The van der Waals surface area contributed by atoms with E-state index in [4.69, 9.17) is 0 Å². The molecule has 1 aromatic rings. The zero-order valence-electron chi connectivity index (χ0n) is 15.0. The average Bonchev–Trinajstić information content (AvgIpc) is 2.90. The van der Waals surface area contributed by atoms with Crippen LogP contribution in [0.4, 0.5) is 0 Å². The SMILES string of the molecule is Cc1ccc(C2CC3=[N+](C)CCCC3C3CN(C)CC23)cc1.Cl.[Cl-]. The molecule has 1 aromatic carbocycles. The molecular formula is C20H30Cl2N2. The zero-order chi connectivity index (χ0) is 15.3. The fraction of sp³-hybridized carbons (Fsp3) is 0.650. The number of fused-ring (bicyclic) bond motifs is 3. The molecule has 134 valence electrons. The van der Waals surface area contributed by atoms with Crippen molar-refractivity contribution < 1.29 is 17.0 Å². The molecule has 1 saturated heterocycles. The van der Waals surface area contributed by atoms with Crippen molar-refractivity contribution in [2.24, 2.45) is 17.8 Å². The van der Waals surface area contributed by atoms with E-state index in [0.29, 0.717) is 0 Å². The Labute approximate surface area is 159 Å². The van der Waals surface area contributed by atoms with Gasteiger partial charge in [0.2, 0.25) is 0 Å². The van der Waals surface area contributed by atoms with E-state index in [0.717, 1.165) is 23.7 Å². The van der Waals surface area contributed by atoms with E-state index in [1.165, 1.54) is 44.5 Å². The van der Waals surface area contributed by atoms with Crippen molar-refractivity contribution in [2.45, 2.75) is 32.1 Å². The molecule has 3 aliphatic rings. The third-order valence-corrected chi connectivity index (χ3v) is 6.49.